The number of methoxy groups -OCH3 is 1. The van der Waals surface area contributed by atoms with Crippen molar-refractivity contribution in [3.63, 3.8) is 0 Å². The average Bonchev–Trinajstić information content (AvgIpc) is 2.35. The maximum Gasteiger partial charge on any atom is 0.0694 e. The van der Waals surface area contributed by atoms with Gasteiger partial charge < -0.3 is 4.74 Å². The van der Waals surface area contributed by atoms with Gasteiger partial charge in [0.2, 0.25) is 0 Å². The molecule has 1 aliphatic rings. The first kappa shape index (κ1) is 14.8. The number of aryl methyl sites for hydroxylation is 1. The smallest absolute Gasteiger partial charge is 0.0694 e. The van der Waals surface area contributed by atoms with Gasteiger partial charge in [-0.2, -0.15) is 0 Å². The van der Waals surface area contributed by atoms with Crippen LogP contribution in [0.3, 0.4) is 0 Å². The van der Waals surface area contributed by atoms with Gasteiger partial charge in [-0.1, -0.05) is 23.7 Å². The fourth-order valence-corrected chi connectivity index (χ4v) is 3.10. The molecule has 0 aromatic heterocycles. The molecule has 0 radical (unpaired) electrons. The van der Waals surface area contributed by atoms with Crippen LogP contribution >= 0.6 is 11.6 Å². The van der Waals surface area contributed by atoms with Crippen molar-refractivity contribution in [2.45, 2.75) is 50.7 Å². The quantitative estimate of drug-likeness (QED) is 0.623. The summed E-state index contributed by atoms with van der Waals surface area (Å²) in [5, 5.41) is 0.820. The molecule has 3 nitrogen and oxygen atoms in total. The molecule has 4 heteroatoms. The molecule has 0 aliphatic heterocycles. The van der Waals surface area contributed by atoms with E-state index < -0.39 is 0 Å². The monoisotopic (exact) mass is 282 g/mol. The molecule has 0 amide bonds. The number of nitrogens with one attached hydrogen (secondary N) is 1. The Labute approximate surface area is 120 Å². The molecular weight excluding hydrogens is 260 g/mol. The Kier molecular flexibility index (Phi) is 4.85. The van der Waals surface area contributed by atoms with E-state index in [-0.39, 0.29) is 11.6 Å². The fraction of sp³-hybridized carbons (Fsp3) is 0.600. The molecule has 1 fully saturated rings. The molecule has 0 spiro atoms. The van der Waals surface area contributed by atoms with E-state index in [0.717, 1.165) is 36.3 Å². The maximum absolute atomic E-state index is 6.28. The molecule has 1 atom stereocenters. The number of rotatable bonds is 6. The lowest BCUT2D eigenvalue weighted by atomic mass is 9.75. The highest BCUT2D eigenvalue weighted by molar-refractivity contribution is 6.31. The minimum Gasteiger partial charge on any atom is -0.378 e. The van der Waals surface area contributed by atoms with Crippen LogP contribution in [0.4, 0.5) is 0 Å². The molecule has 0 bridgehead atoms. The normalized spacial score (nSPS) is 18.9. The molecule has 0 heterocycles. The summed E-state index contributed by atoms with van der Waals surface area (Å²) in [6.45, 7) is 2.04. The Morgan fingerprint density at radius 2 is 2.21 bits per heavy atom. The van der Waals surface area contributed by atoms with E-state index in [2.05, 4.69) is 17.6 Å². The van der Waals surface area contributed by atoms with Gasteiger partial charge in [0.15, 0.2) is 0 Å². The van der Waals surface area contributed by atoms with E-state index in [1.165, 1.54) is 12.0 Å². The van der Waals surface area contributed by atoms with Crippen molar-refractivity contribution in [2.75, 3.05) is 7.11 Å². The van der Waals surface area contributed by atoms with Gasteiger partial charge in [0.05, 0.1) is 5.60 Å². The van der Waals surface area contributed by atoms with Gasteiger partial charge >= 0.3 is 0 Å². The van der Waals surface area contributed by atoms with Crippen LogP contribution in [-0.2, 0) is 11.2 Å². The van der Waals surface area contributed by atoms with Crippen LogP contribution in [0.5, 0.6) is 0 Å². The summed E-state index contributed by atoms with van der Waals surface area (Å²) < 4.78 is 5.66. The van der Waals surface area contributed by atoms with Crippen LogP contribution < -0.4 is 11.3 Å². The minimum absolute atomic E-state index is 0.0220. The van der Waals surface area contributed by atoms with Gasteiger partial charge in [0.25, 0.3) is 0 Å². The molecule has 1 aromatic carbocycles. The highest BCUT2D eigenvalue weighted by atomic mass is 35.5. The number of hydrogen-bond acceptors (Lipinski definition) is 3. The molecular formula is C15H23ClN2O. The van der Waals surface area contributed by atoms with E-state index in [1.54, 1.807) is 7.11 Å². The van der Waals surface area contributed by atoms with Crippen LogP contribution in [0.1, 0.15) is 36.8 Å². The van der Waals surface area contributed by atoms with Crippen LogP contribution in [0, 0.1) is 6.92 Å². The van der Waals surface area contributed by atoms with Crippen LogP contribution in [0.15, 0.2) is 18.2 Å². The first-order valence-electron chi connectivity index (χ1n) is 6.85. The van der Waals surface area contributed by atoms with E-state index in [0.29, 0.717) is 0 Å². The Morgan fingerprint density at radius 1 is 1.47 bits per heavy atom. The van der Waals surface area contributed by atoms with Crippen molar-refractivity contribution in [1.82, 2.24) is 5.43 Å². The summed E-state index contributed by atoms with van der Waals surface area (Å²) in [4.78, 5) is 0. The Bertz CT molecular complexity index is 427. The summed E-state index contributed by atoms with van der Waals surface area (Å²) in [5.74, 6) is 5.69. The molecule has 1 aliphatic carbocycles. The molecule has 1 unspecified atom stereocenters. The number of hydrazine groups is 1. The highest BCUT2D eigenvalue weighted by Gasteiger charge is 2.38. The topological polar surface area (TPSA) is 47.3 Å². The van der Waals surface area contributed by atoms with Crippen molar-refractivity contribution in [3.8, 4) is 0 Å². The first-order valence-corrected chi connectivity index (χ1v) is 7.23. The third-order valence-corrected chi connectivity index (χ3v) is 4.58. The molecule has 3 N–H and O–H groups in total. The lowest BCUT2D eigenvalue weighted by Gasteiger charge is -2.42. The van der Waals surface area contributed by atoms with E-state index in [4.69, 9.17) is 22.2 Å². The molecule has 106 valence electrons. The van der Waals surface area contributed by atoms with E-state index >= 15 is 0 Å². The Hall–Kier alpha value is -0.610. The summed E-state index contributed by atoms with van der Waals surface area (Å²) in [5.41, 5.74) is 5.25. The number of halogens is 1. The van der Waals surface area contributed by atoms with Crippen LogP contribution in [-0.4, -0.2) is 18.8 Å². The van der Waals surface area contributed by atoms with Crippen LogP contribution in [0.2, 0.25) is 5.02 Å². The van der Waals surface area contributed by atoms with Crippen LogP contribution in [0.25, 0.3) is 0 Å². The zero-order chi connectivity index (χ0) is 13.9. The molecule has 1 saturated carbocycles. The van der Waals surface area contributed by atoms with Crippen molar-refractivity contribution in [3.05, 3.63) is 34.3 Å². The standard InChI is InChI=1S/C15H23ClN2O/c1-11-4-5-12(14(16)8-11)9-13(18-17)10-15(19-2)6-3-7-15/h4-5,8,13,18H,3,6-7,9-10,17H2,1-2H3. The molecule has 2 rings (SSSR count). The van der Waals surface area contributed by atoms with E-state index in [9.17, 15) is 0 Å². The highest BCUT2D eigenvalue weighted by Crippen LogP contribution is 2.39. The Morgan fingerprint density at radius 3 is 2.68 bits per heavy atom. The van der Waals surface area contributed by atoms with Crippen molar-refractivity contribution in [1.29, 1.82) is 0 Å². The lowest BCUT2D eigenvalue weighted by Crippen LogP contribution is -2.48. The third kappa shape index (κ3) is 3.48. The van der Waals surface area contributed by atoms with Gasteiger partial charge in [-0.15, -0.1) is 0 Å². The van der Waals surface area contributed by atoms with Gasteiger partial charge in [-0.25, -0.2) is 0 Å². The van der Waals surface area contributed by atoms with E-state index in [1.807, 2.05) is 13.0 Å². The predicted octanol–water partition coefficient (Wildman–Crippen LogP) is 2.98. The van der Waals surface area contributed by atoms with Crippen molar-refractivity contribution in [2.24, 2.45) is 5.84 Å². The van der Waals surface area contributed by atoms with Gasteiger partial charge in [-0.05, 0) is 56.2 Å². The molecule has 0 saturated heterocycles. The molecule has 1 aromatic rings. The second kappa shape index (κ2) is 6.23. The second-order valence-corrected chi connectivity index (χ2v) is 6.01. The number of ether oxygens (including phenoxy) is 1. The summed E-state index contributed by atoms with van der Waals surface area (Å²) in [6, 6.07) is 6.37. The van der Waals surface area contributed by atoms with Gasteiger partial charge in [0, 0.05) is 18.2 Å². The number of hydrogen-bond donors (Lipinski definition) is 2. The number of benzene rings is 1. The summed E-state index contributed by atoms with van der Waals surface area (Å²) in [6.07, 6.45) is 5.27. The average molecular weight is 283 g/mol. The maximum atomic E-state index is 6.28. The minimum atomic E-state index is 0.0220. The first-order chi connectivity index (χ1) is 9.08. The second-order valence-electron chi connectivity index (χ2n) is 5.61. The Balaban J connectivity index is 2.02. The lowest BCUT2D eigenvalue weighted by molar-refractivity contribution is -0.0834. The predicted molar refractivity (Wildman–Crippen MR) is 79.2 cm³/mol. The van der Waals surface area contributed by atoms with Crippen molar-refractivity contribution >= 4 is 11.6 Å². The fourth-order valence-electron chi connectivity index (χ4n) is 2.79. The summed E-state index contributed by atoms with van der Waals surface area (Å²) >= 11 is 6.28. The SMILES string of the molecule is COC1(CC(Cc2ccc(C)cc2Cl)NN)CCC1. The third-order valence-electron chi connectivity index (χ3n) is 4.23. The van der Waals surface area contributed by atoms with Crippen molar-refractivity contribution < 1.29 is 4.74 Å². The number of nitrogens with two attached hydrogens (primary N) is 1. The van der Waals surface area contributed by atoms with Gasteiger partial charge in [-0.3, -0.25) is 11.3 Å². The summed E-state index contributed by atoms with van der Waals surface area (Å²) in [7, 11) is 1.80. The molecule has 19 heavy (non-hydrogen) atoms. The zero-order valence-corrected chi connectivity index (χ0v) is 12.5. The van der Waals surface area contributed by atoms with Gasteiger partial charge in [0.1, 0.15) is 0 Å². The zero-order valence-electron chi connectivity index (χ0n) is 11.7. The largest absolute Gasteiger partial charge is 0.378 e.